The second kappa shape index (κ2) is 15.0. The number of nitrogens with one attached hydrogen (secondary N) is 3. The van der Waals surface area contributed by atoms with E-state index in [1.807, 2.05) is 42.8 Å². The van der Waals surface area contributed by atoms with Crippen molar-refractivity contribution in [1.82, 2.24) is 35.1 Å². The lowest BCUT2D eigenvalue weighted by Crippen LogP contribution is -2.51. The minimum absolute atomic E-state index is 0.0730. The number of aromatic amines is 2. The standard InChI is InChI=1S/C44H53N7O5/c1-25(2)27(5)41(52)51-24-44(18-8-20-56-44)22-36(51)39-45-23-34(47-39)29-12-10-28(11-13-29)30-14-16-32-31(21-30)15-17-33-38(32)48-40(46-33)35-9-7-19-50(35)42(53)37(26(3)4)49-43(54)55-6/h10-17,21,23,25-27,35-37H,7-9,18-20,22,24H2,1-6H3,(H,45,47)(H,46,48)(H,49,54)/t27-,35-,36-,37-,44-/m0/s1. The molecule has 5 heterocycles. The van der Waals surface area contributed by atoms with Crippen LogP contribution in [0.15, 0.2) is 60.8 Å². The highest BCUT2D eigenvalue weighted by atomic mass is 16.5. The number of imidazole rings is 2. The summed E-state index contributed by atoms with van der Waals surface area (Å²) in [5, 5.41) is 4.86. The Morgan fingerprint density at radius 1 is 0.875 bits per heavy atom. The average Bonchev–Trinajstić information content (AvgIpc) is 4.06. The fourth-order valence-electron chi connectivity index (χ4n) is 8.86. The molecule has 3 N–H and O–H groups in total. The molecule has 3 amide bonds. The van der Waals surface area contributed by atoms with Gasteiger partial charge in [-0.1, -0.05) is 77.1 Å². The van der Waals surface area contributed by atoms with Gasteiger partial charge >= 0.3 is 6.09 Å². The number of H-pyrrole nitrogens is 2. The second-order valence-corrected chi connectivity index (χ2v) is 16.7. The molecule has 3 saturated heterocycles. The minimum atomic E-state index is -0.685. The van der Waals surface area contributed by atoms with E-state index in [4.69, 9.17) is 19.4 Å². The van der Waals surface area contributed by atoms with Gasteiger partial charge in [-0.2, -0.15) is 0 Å². The number of carbonyl (C=O) groups excluding carboxylic acids is 3. The summed E-state index contributed by atoms with van der Waals surface area (Å²) in [6.07, 6.45) is 5.67. The normalized spacial score (nSPS) is 22.2. The SMILES string of the molecule is COC(=O)N[C@H](C(=O)N1CCC[C@H]1c1nc2ccc3cc(-c4ccc(-c5cnc([C@@H]6C[C@@]7(CCCO7)CN6C(=O)[C@@H](C)C(C)C)[nH]5)cc4)ccc3c2[nH]1)C(C)C. The number of benzene rings is 3. The van der Waals surface area contributed by atoms with Gasteiger partial charge in [0.05, 0.1) is 54.3 Å². The van der Waals surface area contributed by atoms with Gasteiger partial charge in [0.1, 0.15) is 17.7 Å². The Balaban J connectivity index is 1.00. The number of alkyl carbamates (subject to hydrolysis) is 1. The fraction of sp³-hybridized carbons (Fsp3) is 0.477. The van der Waals surface area contributed by atoms with Crippen molar-refractivity contribution in [3.63, 3.8) is 0 Å². The molecule has 12 heteroatoms. The molecule has 0 aliphatic carbocycles. The summed E-state index contributed by atoms with van der Waals surface area (Å²) >= 11 is 0. The summed E-state index contributed by atoms with van der Waals surface area (Å²) in [5.41, 5.74) is 5.64. The molecule has 5 aromatic rings. The molecule has 0 radical (unpaired) electrons. The van der Waals surface area contributed by atoms with Gasteiger partial charge in [0.15, 0.2) is 0 Å². The predicted molar refractivity (Wildman–Crippen MR) is 215 cm³/mol. The van der Waals surface area contributed by atoms with E-state index >= 15 is 0 Å². The highest BCUT2D eigenvalue weighted by Gasteiger charge is 2.50. The van der Waals surface area contributed by atoms with Crippen molar-refractivity contribution in [1.29, 1.82) is 0 Å². The molecule has 8 rings (SSSR count). The first kappa shape index (κ1) is 37.7. The monoisotopic (exact) mass is 759 g/mol. The predicted octanol–water partition coefficient (Wildman–Crippen LogP) is 7.93. The number of ether oxygens (including phenoxy) is 2. The summed E-state index contributed by atoms with van der Waals surface area (Å²) in [6.45, 7) is 12.0. The highest BCUT2D eigenvalue weighted by Crippen LogP contribution is 2.45. The maximum atomic E-state index is 13.7. The lowest BCUT2D eigenvalue weighted by molar-refractivity contribution is -0.138. The molecule has 12 nitrogen and oxygen atoms in total. The van der Waals surface area contributed by atoms with Gasteiger partial charge in [0, 0.05) is 30.9 Å². The molecule has 3 fully saturated rings. The molecule has 294 valence electrons. The number of carbonyl (C=O) groups is 3. The van der Waals surface area contributed by atoms with E-state index in [-0.39, 0.29) is 47.3 Å². The van der Waals surface area contributed by atoms with E-state index in [0.29, 0.717) is 13.1 Å². The topological polar surface area (TPSA) is 146 Å². The summed E-state index contributed by atoms with van der Waals surface area (Å²) < 4.78 is 11.1. The largest absolute Gasteiger partial charge is 0.453 e. The van der Waals surface area contributed by atoms with E-state index in [1.54, 1.807) is 0 Å². The van der Waals surface area contributed by atoms with Crippen LogP contribution in [0.1, 0.15) is 90.5 Å². The Kier molecular flexibility index (Phi) is 10.1. The van der Waals surface area contributed by atoms with E-state index in [9.17, 15) is 14.4 Å². The number of fused-ring (bicyclic) bond motifs is 3. The Bertz CT molecular complexity index is 2250. The molecular weight excluding hydrogens is 707 g/mol. The minimum Gasteiger partial charge on any atom is -0.453 e. The molecule has 0 unspecified atom stereocenters. The first-order chi connectivity index (χ1) is 26.9. The number of hydrogen-bond acceptors (Lipinski definition) is 7. The summed E-state index contributed by atoms with van der Waals surface area (Å²) in [7, 11) is 1.30. The van der Waals surface area contributed by atoms with Crippen molar-refractivity contribution in [3.05, 3.63) is 72.4 Å². The van der Waals surface area contributed by atoms with Crippen LogP contribution in [-0.2, 0) is 19.1 Å². The number of nitrogens with zero attached hydrogens (tertiary/aromatic N) is 4. The maximum absolute atomic E-state index is 13.7. The van der Waals surface area contributed by atoms with Crippen molar-refractivity contribution in [2.75, 3.05) is 26.8 Å². The summed E-state index contributed by atoms with van der Waals surface area (Å²) in [4.78, 5) is 60.1. The summed E-state index contributed by atoms with van der Waals surface area (Å²) in [5.74, 6) is 1.69. The third-order valence-corrected chi connectivity index (χ3v) is 12.4. The molecule has 3 aliphatic rings. The Morgan fingerprint density at radius 2 is 1.64 bits per heavy atom. The van der Waals surface area contributed by atoms with Crippen molar-refractivity contribution in [2.45, 2.75) is 90.4 Å². The molecule has 56 heavy (non-hydrogen) atoms. The fourth-order valence-corrected chi connectivity index (χ4v) is 8.86. The molecule has 3 aromatic carbocycles. The Morgan fingerprint density at radius 3 is 2.36 bits per heavy atom. The average molecular weight is 760 g/mol. The van der Waals surface area contributed by atoms with Crippen LogP contribution in [0.2, 0.25) is 0 Å². The smallest absolute Gasteiger partial charge is 0.407 e. The van der Waals surface area contributed by atoms with E-state index in [2.05, 4.69) is 77.7 Å². The van der Waals surface area contributed by atoms with Crippen molar-refractivity contribution >= 4 is 39.7 Å². The van der Waals surface area contributed by atoms with Crippen molar-refractivity contribution < 1.29 is 23.9 Å². The van der Waals surface area contributed by atoms with Crippen molar-refractivity contribution in [2.24, 2.45) is 17.8 Å². The zero-order valence-corrected chi connectivity index (χ0v) is 33.2. The molecule has 0 saturated carbocycles. The van der Waals surface area contributed by atoms with Crippen LogP contribution >= 0.6 is 0 Å². The van der Waals surface area contributed by atoms with E-state index in [1.165, 1.54) is 7.11 Å². The molecule has 2 aromatic heterocycles. The van der Waals surface area contributed by atoms with Crippen LogP contribution < -0.4 is 5.32 Å². The number of rotatable bonds is 9. The van der Waals surface area contributed by atoms with Gasteiger partial charge in [-0.05, 0) is 71.7 Å². The zero-order valence-electron chi connectivity index (χ0n) is 33.2. The van der Waals surface area contributed by atoms with Crippen molar-refractivity contribution in [3.8, 4) is 22.4 Å². The number of likely N-dealkylation sites (tertiary alicyclic amines) is 2. The molecule has 3 aliphatic heterocycles. The van der Waals surface area contributed by atoms with Crippen LogP contribution in [0.4, 0.5) is 4.79 Å². The lowest BCUT2D eigenvalue weighted by Gasteiger charge is -2.29. The first-order valence-corrected chi connectivity index (χ1v) is 20.1. The van der Waals surface area contributed by atoms with Crippen LogP contribution in [-0.4, -0.2) is 86.1 Å². The summed E-state index contributed by atoms with van der Waals surface area (Å²) in [6, 6.07) is 18.0. The van der Waals surface area contributed by atoms with Gasteiger partial charge in [0.2, 0.25) is 11.8 Å². The molecular formula is C44H53N7O5. The van der Waals surface area contributed by atoms with Gasteiger partial charge < -0.3 is 34.6 Å². The first-order valence-electron chi connectivity index (χ1n) is 20.1. The third kappa shape index (κ3) is 6.93. The molecule has 1 spiro atoms. The molecule has 0 bridgehead atoms. The van der Waals surface area contributed by atoms with E-state index < -0.39 is 12.1 Å². The zero-order chi connectivity index (χ0) is 39.3. The highest BCUT2D eigenvalue weighted by molar-refractivity contribution is 6.05. The number of methoxy groups -OCH3 is 1. The van der Waals surface area contributed by atoms with Gasteiger partial charge in [-0.15, -0.1) is 0 Å². The van der Waals surface area contributed by atoms with Crippen LogP contribution in [0.3, 0.4) is 0 Å². The Hall–Kier alpha value is -5.23. The second-order valence-electron chi connectivity index (χ2n) is 16.7. The van der Waals surface area contributed by atoms with Gasteiger partial charge in [-0.25, -0.2) is 14.8 Å². The van der Waals surface area contributed by atoms with Crippen LogP contribution in [0.25, 0.3) is 44.2 Å². The van der Waals surface area contributed by atoms with Crippen LogP contribution in [0, 0.1) is 17.8 Å². The van der Waals surface area contributed by atoms with Gasteiger partial charge in [0.25, 0.3) is 0 Å². The maximum Gasteiger partial charge on any atom is 0.407 e. The number of hydrogen-bond donors (Lipinski definition) is 3. The van der Waals surface area contributed by atoms with Gasteiger partial charge in [-0.3, -0.25) is 9.59 Å². The quantitative estimate of drug-likeness (QED) is 0.138. The van der Waals surface area contributed by atoms with E-state index in [0.717, 1.165) is 94.5 Å². The van der Waals surface area contributed by atoms with Crippen LogP contribution in [0.5, 0.6) is 0 Å². The number of aromatic nitrogens is 4. The lowest BCUT2D eigenvalue weighted by atomic mass is 9.96. The Labute approximate surface area is 327 Å². The molecule has 5 atom stereocenters. The third-order valence-electron chi connectivity index (χ3n) is 12.4. The number of amides is 3.